The first-order chi connectivity index (χ1) is 6.74. The molecule has 0 N–H and O–H groups in total. The van der Waals surface area contributed by atoms with E-state index in [0.29, 0.717) is 12.4 Å². The highest BCUT2D eigenvalue weighted by Gasteiger charge is 2.13. The summed E-state index contributed by atoms with van der Waals surface area (Å²) in [6.45, 7) is -0.0317. The summed E-state index contributed by atoms with van der Waals surface area (Å²) in [4.78, 5) is 1.41. The van der Waals surface area contributed by atoms with Gasteiger partial charge in [-0.2, -0.15) is 5.10 Å². The van der Waals surface area contributed by atoms with Crippen LogP contribution in [0.2, 0.25) is 0 Å². The third-order valence-electron chi connectivity index (χ3n) is 1.60. The predicted octanol–water partition coefficient (Wildman–Crippen LogP) is 1.79. The van der Waals surface area contributed by atoms with Crippen molar-refractivity contribution >= 4 is 17.4 Å². The molecule has 1 aromatic rings. The molecule has 0 fully saturated rings. The van der Waals surface area contributed by atoms with E-state index in [2.05, 4.69) is 10.2 Å². The van der Waals surface area contributed by atoms with Crippen molar-refractivity contribution in [3.63, 3.8) is 0 Å². The van der Waals surface area contributed by atoms with Crippen LogP contribution in [0, 0.1) is 0 Å². The molecule has 0 atom stereocenters. The van der Waals surface area contributed by atoms with Gasteiger partial charge in [-0.25, -0.2) is 8.78 Å². The zero-order chi connectivity index (χ0) is 10.4. The van der Waals surface area contributed by atoms with Crippen LogP contribution < -0.4 is 4.90 Å². The molecule has 0 radical (unpaired) electrons. The van der Waals surface area contributed by atoms with Gasteiger partial charge in [0.05, 0.1) is 6.54 Å². The van der Waals surface area contributed by atoms with Gasteiger partial charge in [0, 0.05) is 18.6 Å². The van der Waals surface area contributed by atoms with Crippen molar-refractivity contribution in [3.8, 4) is 0 Å². The summed E-state index contributed by atoms with van der Waals surface area (Å²) in [6, 6.07) is 3.27. The fourth-order valence-corrected chi connectivity index (χ4v) is 1.23. The number of nitrogens with zero attached hydrogens (tertiary/aromatic N) is 3. The van der Waals surface area contributed by atoms with Crippen molar-refractivity contribution in [2.75, 3.05) is 23.9 Å². The molecule has 1 rings (SSSR count). The molecule has 0 aromatic carbocycles. The Balaban J connectivity index is 2.67. The molecular weight excluding hydrogens is 212 g/mol. The molecule has 6 heteroatoms. The summed E-state index contributed by atoms with van der Waals surface area (Å²) in [5, 5.41) is 7.35. The number of rotatable bonds is 5. The van der Waals surface area contributed by atoms with Crippen LogP contribution in [0.4, 0.5) is 14.6 Å². The van der Waals surface area contributed by atoms with E-state index in [-0.39, 0.29) is 12.4 Å². The molecule has 0 saturated carbocycles. The SMILES string of the molecule is FC(F)CN(CCCl)c1cccnn1. The summed E-state index contributed by atoms with van der Waals surface area (Å²) in [6.07, 6.45) is -0.912. The van der Waals surface area contributed by atoms with E-state index in [1.54, 1.807) is 12.1 Å². The summed E-state index contributed by atoms with van der Waals surface area (Å²) in [7, 11) is 0. The number of halogens is 3. The molecule has 3 nitrogen and oxygen atoms in total. The van der Waals surface area contributed by atoms with Crippen molar-refractivity contribution in [1.29, 1.82) is 0 Å². The zero-order valence-corrected chi connectivity index (χ0v) is 8.16. The van der Waals surface area contributed by atoms with Gasteiger partial charge in [0.1, 0.15) is 0 Å². The largest absolute Gasteiger partial charge is 0.348 e. The Morgan fingerprint density at radius 1 is 1.50 bits per heavy atom. The third kappa shape index (κ3) is 3.41. The Hall–Kier alpha value is -0.970. The average Bonchev–Trinajstić information content (AvgIpc) is 2.18. The Kier molecular flexibility index (Phi) is 4.52. The number of hydrogen-bond donors (Lipinski definition) is 0. The van der Waals surface area contributed by atoms with Crippen LogP contribution in [0.25, 0.3) is 0 Å². The fourth-order valence-electron chi connectivity index (χ4n) is 1.03. The molecule has 0 spiro atoms. The molecule has 1 aromatic heterocycles. The van der Waals surface area contributed by atoms with Crippen molar-refractivity contribution in [3.05, 3.63) is 18.3 Å². The third-order valence-corrected chi connectivity index (χ3v) is 1.76. The molecule has 1 heterocycles. The lowest BCUT2D eigenvalue weighted by Gasteiger charge is -2.21. The molecule has 78 valence electrons. The maximum Gasteiger partial charge on any atom is 0.255 e. The molecule has 0 aliphatic carbocycles. The first-order valence-electron chi connectivity index (χ1n) is 4.11. The van der Waals surface area contributed by atoms with Crippen molar-refractivity contribution in [2.24, 2.45) is 0 Å². The summed E-state index contributed by atoms with van der Waals surface area (Å²) >= 11 is 5.49. The van der Waals surface area contributed by atoms with E-state index in [0.717, 1.165) is 0 Å². The van der Waals surface area contributed by atoms with Gasteiger partial charge in [-0.1, -0.05) is 0 Å². The smallest absolute Gasteiger partial charge is 0.255 e. The maximum absolute atomic E-state index is 12.2. The molecular formula is C8H10ClF2N3. The van der Waals surface area contributed by atoms with Crippen molar-refractivity contribution in [2.45, 2.75) is 6.43 Å². The highest BCUT2D eigenvalue weighted by atomic mass is 35.5. The topological polar surface area (TPSA) is 29.0 Å². The van der Waals surface area contributed by atoms with Gasteiger partial charge in [-0.3, -0.25) is 0 Å². The maximum atomic E-state index is 12.2. The minimum Gasteiger partial charge on any atom is -0.348 e. The second-order valence-corrected chi connectivity index (χ2v) is 2.99. The zero-order valence-electron chi connectivity index (χ0n) is 7.41. The van der Waals surface area contributed by atoms with Crippen LogP contribution in [0.1, 0.15) is 0 Å². The number of alkyl halides is 3. The van der Waals surface area contributed by atoms with Crippen molar-refractivity contribution < 1.29 is 8.78 Å². The van der Waals surface area contributed by atoms with Crippen LogP contribution in [0.15, 0.2) is 18.3 Å². The first-order valence-corrected chi connectivity index (χ1v) is 4.64. The number of aromatic nitrogens is 2. The lowest BCUT2D eigenvalue weighted by molar-refractivity contribution is 0.155. The second-order valence-electron chi connectivity index (χ2n) is 2.61. The van der Waals surface area contributed by atoms with Gasteiger partial charge in [0.2, 0.25) is 0 Å². The van der Waals surface area contributed by atoms with Gasteiger partial charge < -0.3 is 4.90 Å². The monoisotopic (exact) mass is 221 g/mol. The quantitative estimate of drug-likeness (QED) is 0.710. The molecule has 0 aliphatic heterocycles. The standard InChI is InChI=1S/C8H10ClF2N3/c9-3-5-14(6-7(10)11)8-2-1-4-12-13-8/h1-2,4,7H,3,5-6H2. The lowest BCUT2D eigenvalue weighted by Crippen LogP contribution is -2.31. The minimum absolute atomic E-state index is 0.281. The lowest BCUT2D eigenvalue weighted by atomic mass is 10.4. The van der Waals surface area contributed by atoms with E-state index in [1.807, 2.05) is 0 Å². The van der Waals surface area contributed by atoms with Gasteiger partial charge in [0.15, 0.2) is 5.82 Å². The van der Waals surface area contributed by atoms with Gasteiger partial charge in [-0.15, -0.1) is 16.7 Å². The Morgan fingerprint density at radius 3 is 2.79 bits per heavy atom. The summed E-state index contributed by atoms with van der Waals surface area (Å²) in [5.74, 6) is 0.706. The van der Waals surface area contributed by atoms with Crippen LogP contribution >= 0.6 is 11.6 Å². The molecule has 0 saturated heterocycles. The molecule has 0 aliphatic rings. The van der Waals surface area contributed by atoms with Gasteiger partial charge >= 0.3 is 0 Å². The van der Waals surface area contributed by atoms with E-state index in [9.17, 15) is 8.78 Å². The first kappa shape index (κ1) is 11.1. The van der Waals surface area contributed by atoms with Gasteiger partial charge in [0.25, 0.3) is 6.43 Å². The van der Waals surface area contributed by atoms with E-state index in [1.165, 1.54) is 11.1 Å². The van der Waals surface area contributed by atoms with Crippen LogP contribution in [0.5, 0.6) is 0 Å². The summed E-state index contributed by atoms with van der Waals surface area (Å²) in [5.41, 5.74) is 0. The fraction of sp³-hybridized carbons (Fsp3) is 0.500. The Morgan fingerprint density at radius 2 is 2.29 bits per heavy atom. The Bertz CT molecular complexity index is 258. The van der Waals surface area contributed by atoms with Crippen LogP contribution in [-0.4, -0.2) is 35.6 Å². The van der Waals surface area contributed by atoms with Gasteiger partial charge in [-0.05, 0) is 12.1 Å². The van der Waals surface area contributed by atoms with E-state index < -0.39 is 6.43 Å². The predicted molar refractivity (Wildman–Crippen MR) is 51.0 cm³/mol. The minimum atomic E-state index is -2.40. The summed E-state index contributed by atoms with van der Waals surface area (Å²) < 4.78 is 24.3. The number of hydrogen-bond acceptors (Lipinski definition) is 3. The number of anilines is 1. The van der Waals surface area contributed by atoms with Crippen LogP contribution in [0.3, 0.4) is 0 Å². The highest BCUT2D eigenvalue weighted by Crippen LogP contribution is 2.10. The average molecular weight is 222 g/mol. The Labute approximate surface area is 85.7 Å². The molecule has 0 bridgehead atoms. The molecule has 0 amide bonds. The van der Waals surface area contributed by atoms with E-state index >= 15 is 0 Å². The second kappa shape index (κ2) is 5.70. The highest BCUT2D eigenvalue weighted by molar-refractivity contribution is 6.18. The van der Waals surface area contributed by atoms with Crippen LogP contribution in [-0.2, 0) is 0 Å². The van der Waals surface area contributed by atoms with E-state index in [4.69, 9.17) is 11.6 Å². The molecule has 0 unspecified atom stereocenters. The van der Waals surface area contributed by atoms with Crippen molar-refractivity contribution in [1.82, 2.24) is 10.2 Å². The normalized spacial score (nSPS) is 10.6. The molecule has 14 heavy (non-hydrogen) atoms.